The van der Waals surface area contributed by atoms with Gasteiger partial charge in [0.25, 0.3) is 0 Å². The van der Waals surface area contributed by atoms with Crippen molar-refractivity contribution >= 4 is 5.97 Å². The van der Waals surface area contributed by atoms with Crippen LogP contribution in [0.25, 0.3) is 0 Å². The highest BCUT2D eigenvalue weighted by Gasteiger charge is 2.31. The van der Waals surface area contributed by atoms with Gasteiger partial charge in [0.05, 0.1) is 0 Å². The van der Waals surface area contributed by atoms with E-state index in [1.54, 1.807) is 0 Å². The maximum absolute atomic E-state index is 10.7. The van der Waals surface area contributed by atoms with Crippen molar-refractivity contribution in [3.8, 4) is 5.75 Å². The molecule has 1 aliphatic rings. The summed E-state index contributed by atoms with van der Waals surface area (Å²) < 4.78 is 9.99. The van der Waals surface area contributed by atoms with E-state index in [9.17, 15) is 4.79 Å². The van der Waals surface area contributed by atoms with E-state index in [4.69, 9.17) is 4.74 Å². The van der Waals surface area contributed by atoms with Crippen molar-refractivity contribution in [1.29, 1.82) is 0 Å². The maximum Gasteiger partial charge on any atom is 0.315 e. The Kier molecular flexibility index (Phi) is 2.17. The fraction of sp³-hybridized carbons (Fsp3) is 0.300. The lowest BCUT2D eigenvalue weighted by Gasteiger charge is -2.24. The Hall–Kier alpha value is -1.51. The van der Waals surface area contributed by atoms with Gasteiger partial charge in [-0.25, -0.2) is 0 Å². The van der Waals surface area contributed by atoms with Gasteiger partial charge in [-0.05, 0) is 12.1 Å². The van der Waals surface area contributed by atoms with Crippen LogP contribution in [-0.2, 0) is 9.53 Å². The molecule has 1 heterocycles. The molecule has 0 aliphatic carbocycles. The van der Waals surface area contributed by atoms with Crippen molar-refractivity contribution in [2.24, 2.45) is 5.92 Å². The lowest BCUT2D eigenvalue weighted by Crippen LogP contribution is -2.38. The van der Waals surface area contributed by atoms with E-state index in [1.807, 2.05) is 30.3 Å². The molecule has 1 aliphatic heterocycles. The summed E-state index contributed by atoms with van der Waals surface area (Å²) in [5, 5.41) is 0. The second-order valence-electron chi connectivity index (χ2n) is 2.95. The molecule has 1 aromatic rings. The van der Waals surface area contributed by atoms with E-state index >= 15 is 0 Å². The average Bonchev–Trinajstić information content (AvgIpc) is 2.17. The Morgan fingerprint density at radius 3 is 2.69 bits per heavy atom. The van der Waals surface area contributed by atoms with Crippen molar-refractivity contribution in [1.82, 2.24) is 0 Å². The number of esters is 1. The normalized spacial score (nSPS) is 20.3. The van der Waals surface area contributed by atoms with Gasteiger partial charge >= 0.3 is 5.97 Å². The number of hydrogen-bond donors (Lipinski definition) is 0. The summed E-state index contributed by atoms with van der Waals surface area (Å²) in [6.07, 6.45) is 0. The molecule has 0 spiro atoms. The monoisotopic (exact) mass is 178 g/mol. The van der Waals surface area contributed by atoms with Crippen LogP contribution in [0.2, 0.25) is 0 Å². The van der Waals surface area contributed by atoms with Gasteiger partial charge in [-0.15, -0.1) is 0 Å². The Labute approximate surface area is 76.3 Å². The van der Waals surface area contributed by atoms with Crippen LogP contribution < -0.4 is 4.74 Å². The Balaban J connectivity index is 1.83. The second kappa shape index (κ2) is 3.47. The van der Waals surface area contributed by atoms with Crippen molar-refractivity contribution in [2.45, 2.75) is 0 Å². The van der Waals surface area contributed by atoms with Crippen molar-refractivity contribution in [2.75, 3.05) is 13.2 Å². The number of hydrogen-bond acceptors (Lipinski definition) is 3. The minimum Gasteiger partial charge on any atom is -0.493 e. The number of ether oxygens (including phenoxy) is 2. The molecule has 2 rings (SSSR count). The fourth-order valence-electron chi connectivity index (χ4n) is 1.10. The largest absolute Gasteiger partial charge is 0.493 e. The van der Waals surface area contributed by atoms with Gasteiger partial charge in [-0.1, -0.05) is 18.2 Å². The second-order valence-corrected chi connectivity index (χ2v) is 2.95. The number of para-hydroxylation sites is 1. The molecule has 1 atom stereocenters. The summed E-state index contributed by atoms with van der Waals surface area (Å²) in [5.41, 5.74) is 0. The molecule has 3 heteroatoms. The average molecular weight is 178 g/mol. The van der Waals surface area contributed by atoms with Crippen molar-refractivity contribution < 1.29 is 14.3 Å². The van der Waals surface area contributed by atoms with Crippen LogP contribution in [-0.4, -0.2) is 19.2 Å². The highest BCUT2D eigenvalue weighted by atomic mass is 16.6. The van der Waals surface area contributed by atoms with Crippen LogP contribution in [0.4, 0.5) is 0 Å². The quantitative estimate of drug-likeness (QED) is 0.653. The van der Waals surface area contributed by atoms with E-state index in [2.05, 4.69) is 4.74 Å². The molecule has 68 valence electrons. The first-order valence-electron chi connectivity index (χ1n) is 4.21. The molecular formula is C10H10O3. The Morgan fingerprint density at radius 1 is 1.38 bits per heavy atom. The SMILES string of the molecule is O=C1OCC1COc1ccccc1. The maximum atomic E-state index is 10.7. The highest BCUT2D eigenvalue weighted by Crippen LogP contribution is 2.15. The molecule has 0 saturated carbocycles. The van der Waals surface area contributed by atoms with Gasteiger partial charge in [0, 0.05) is 0 Å². The molecule has 1 aromatic carbocycles. The van der Waals surface area contributed by atoms with E-state index in [0.717, 1.165) is 5.75 Å². The molecule has 1 fully saturated rings. The number of rotatable bonds is 3. The lowest BCUT2D eigenvalue weighted by molar-refractivity contribution is -0.170. The summed E-state index contributed by atoms with van der Waals surface area (Å²) in [6.45, 7) is 0.911. The van der Waals surface area contributed by atoms with Gasteiger partial charge in [0.15, 0.2) is 0 Å². The van der Waals surface area contributed by atoms with Crippen LogP contribution in [0.15, 0.2) is 30.3 Å². The fourth-order valence-corrected chi connectivity index (χ4v) is 1.10. The lowest BCUT2D eigenvalue weighted by atomic mass is 10.1. The van der Waals surface area contributed by atoms with Crippen LogP contribution >= 0.6 is 0 Å². The van der Waals surface area contributed by atoms with Crippen molar-refractivity contribution in [3.05, 3.63) is 30.3 Å². The Morgan fingerprint density at radius 2 is 2.15 bits per heavy atom. The molecule has 0 aromatic heterocycles. The summed E-state index contributed by atoms with van der Waals surface area (Å²) in [7, 11) is 0. The van der Waals surface area contributed by atoms with Crippen LogP contribution in [0.1, 0.15) is 0 Å². The first-order valence-corrected chi connectivity index (χ1v) is 4.21. The first kappa shape index (κ1) is 8.10. The van der Waals surface area contributed by atoms with E-state index < -0.39 is 0 Å². The molecule has 1 saturated heterocycles. The zero-order valence-electron chi connectivity index (χ0n) is 7.10. The molecule has 0 amide bonds. The van der Waals surface area contributed by atoms with Gasteiger partial charge in [-0.3, -0.25) is 4.79 Å². The van der Waals surface area contributed by atoms with Gasteiger partial charge in [0.1, 0.15) is 24.9 Å². The molecule has 1 unspecified atom stereocenters. The van der Waals surface area contributed by atoms with E-state index in [0.29, 0.717) is 13.2 Å². The Bertz CT molecular complexity index is 294. The summed E-state index contributed by atoms with van der Waals surface area (Å²) in [5.74, 6) is 0.568. The summed E-state index contributed by atoms with van der Waals surface area (Å²) in [4.78, 5) is 10.7. The van der Waals surface area contributed by atoms with Gasteiger partial charge in [0.2, 0.25) is 0 Å². The highest BCUT2D eigenvalue weighted by molar-refractivity contribution is 5.77. The number of benzene rings is 1. The third kappa shape index (κ3) is 1.80. The van der Waals surface area contributed by atoms with Crippen LogP contribution in [0.5, 0.6) is 5.75 Å². The third-order valence-corrected chi connectivity index (χ3v) is 1.95. The van der Waals surface area contributed by atoms with Crippen molar-refractivity contribution in [3.63, 3.8) is 0 Å². The van der Waals surface area contributed by atoms with Crippen LogP contribution in [0.3, 0.4) is 0 Å². The van der Waals surface area contributed by atoms with E-state index in [1.165, 1.54) is 0 Å². The number of cyclic esters (lactones) is 1. The minimum absolute atomic E-state index is 0.0693. The molecule has 0 bridgehead atoms. The summed E-state index contributed by atoms with van der Waals surface area (Å²) >= 11 is 0. The standard InChI is InChI=1S/C10H10O3/c11-10-8(7-13-10)6-12-9-4-2-1-3-5-9/h1-5,8H,6-7H2. The number of carbonyl (C=O) groups excluding carboxylic acids is 1. The smallest absolute Gasteiger partial charge is 0.315 e. The van der Waals surface area contributed by atoms with Gasteiger partial charge in [-0.2, -0.15) is 0 Å². The number of carbonyl (C=O) groups is 1. The molecular weight excluding hydrogens is 168 g/mol. The predicted octanol–water partition coefficient (Wildman–Crippen LogP) is 1.24. The van der Waals surface area contributed by atoms with E-state index in [-0.39, 0.29) is 11.9 Å². The minimum atomic E-state index is -0.157. The molecule has 0 N–H and O–H groups in total. The van der Waals surface area contributed by atoms with Crippen LogP contribution in [0, 0.1) is 5.92 Å². The zero-order chi connectivity index (χ0) is 9.10. The topological polar surface area (TPSA) is 35.5 Å². The zero-order valence-corrected chi connectivity index (χ0v) is 7.10. The molecule has 3 nitrogen and oxygen atoms in total. The predicted molar refractivity (Wildman–Crippen MR) is 46.4 cm³/mol. The summed E-state index contributed by atoms with van der Waals surface area (Å²) in [6, 6.07) is 9.45. The third-order valence-electron chi connectivity index (χ3n) is 1.95. The molecule has 13 heavy (non-hydrogen) atoms. The molecule has 0 radical (unpaired) electrons. The van der Waals surface area contributed by atoms with Gasteiger partial charge < -0.3 is 9.47 Å². The first-order chi connectivity index (χ1) is 6.36.